The van der Waals surface area contributed by atoms with Crippen LogP contribution in [0.1, 0.15) is 12.1 Å². The molecule has 1 amide bonds. The Kier molecular flexibility index (Phi) is 5.20. The number of anilines is 1. The van der Waals surface area contributed by atoms with E-state index in [1.165, 1.54) is 29.4 Å². The van der Waals surface area contributed by atoms with Crippen LogP contribution in [0.25, 0.3) is 10.8 Å². The number of benzene rings is 1. The highest BCUT2D eigenvalue weighted by Gasteiger charge is 2.29. The van der Waals surface area contributed by atoms with Crippen molar-refractivity contribution in [2.24, 2.45) is 0 Å². The van der Waals surface area contributed by atoms with Crippen molar-refractivity contribution in [1.29, 1.82) is 0 Å². The maximum Gasteiger partial charge on any atom is 0.307 e. The summed E-state index contributed by atoms with van der Waals surface area (Å²) in [5, 5.41) is 4.69. The molecule has 1 atom stereocenters. The molecule has 0 bridgehead atoms. The fraction of sp³-hybridized carbons (Fsp3) is 0.167. The van der Waals surface area contributed by atoms with Gasteiger partial charge in [-0.15, -0.1) is 23.1 Å². The average Bonchev–Trinajstić information content (AvgIpc) is 3.32. The van der Waals surface area contributed by atoms with E-state index in [-0.39, 0.29) is 18.9 Å². The number of fused-ring (bicyclic) bond motifs is 1. The summed E-state index contributed by atoms with van der Waals surface area (Å²) in [4.78, 5) is 30.4. The molecule has 138 valence electrons. The minimum absolute atomic E-state index is 0.00108. The summed E-state index contributed by atoms with van der Waals surface area (Å²) in [5.41, 5.74) is 1.18. The van der Waals surface area contributed by atoms with Gasteiger partial charge in [-0.05, 0) is 29.6 Å². The summed E-state index contributed by atoms with van der Waals surface area (Å²) in [6.45, 7) is -0.00108. The molecule has 0 aliphatic carbocycles. The van der Waals surface area contributed by atoms with Gasteiger partial charge in [0, 0.05) is 9.92 Å². The molecule has 4 rings (SSSR count). The minimum atomic E-state index is -0.551. The van der Waals surface area contributed by atoms with Crippen LogP contribution in [0.4, 0.5) is 5.69 Å². The molecule has 6 nitrogen and oxygen atoms in total. The van der Waals surface area contributed by atoms with Gasteiger partial charge in [0.05, 0.1) is 22.2 Å². The molecule has 0 saturated carbocycles. The standard InChI is InChI=1S/C18H13ClN2O4S2/c19-10-3-4-13-12(6-10)21-17(23)15(27-13)7-16(22)24-8-11-9-25-18(20-11)14-2-1-5-26-14/h1-6,9,15H,7-8H2,(H,21,23). The SMILES string of the molecule is O=C(CC1Sc2ccc(Cl)cc2NC1=O)OCc1coc(-c2cccs2)n1. The molecule has 1 aliphatic rings. The third kappa shape index (κ3) is 4.18. The van der Waals surface area contributed by atoms with Crippen LogP contribution in [-0.4, -0.2) is 22.1 Å². The van der Waals surface area contributed by atoms with E-state index in [4.69, 9.17) is 20.8 Å². The molecule has 3 heterocycles. The van der Waals surface area contributed by atoms with Gasteiger partial charge in [0.15, 0.2) is 0 Å². The molecule has 1 unspecified atom stereocenters. The predicted octanol–water partition coefficient (Wildman–Crippen LogP) is 4.60. The lowest BCUT2D eigenvalue weighted by Gasteiger charge is -2.23. The zero-order chi connectivity index (χ0) is 18.8. The first-order valence-electron chi connectivity index (χ1n) is 7.99. The van der Waals surface area contributed by atoms with E-state index in [1.807, 2.05) is 23.6 Å². The number of nitrogens with zero attached hydrogens (tertiary/aromatic N) is 1. The number of amides is 1. The Bertz CT molecular complexity index is 987. The van der Waals surface area contributed by atoms with E-state index in [1.54, 1.807) is 12.1 Å². The van der Waals surface area contributed by atoms with Crippen molar-refractivity contribution in [3.8, 4) is 10.8 Å². The second-order valence-electron chi connectivity index (χ2n) is 5.72. The van der Waals surface area contributed by atoms with E-state index < -0.39 is 11.2 Å². The van der Waals surface area contributed by atoms with Gasteiger partial charge in [-0.25, -0.2) is 4.98 Å². The molecule has 1 N–H and O–H groups in total. The van der Waals surface area contributed by atoms with Crippen molar-refractivity contribution in [3.05, 3.63) is 52.7 Å². The first kappa shape index (κ1) is 18.1. The monoisotopic (exact) mass is 420 g/mol. The number of halogens is 1. The smallest absolute Gasteiger partial charge is 0.307 e. The molecule has 0 spiro atoms. The molecule has 1 aliphatic heterocycles. The Labute approximate surface area is 167 Å². The van der Waals surface area contributed by atoms with Crippen molar-refractivity contribution in [2.45, 2.75) is 23.2 Å². The van der Waals surface area contributed by atoms with E-state index in [9.17, 15) is 9.59 Å². The highest BCUT2D eigenvalue weighted by atomic mass is 35.5. The van der Waals surface area contributed by atoms with Gasteiger partial charge in [-0.2, -0.15) is 0 Å². The molecule has 0 fully saturated rings. The van der Waals surface area contributed by atoms with Crippen molar-refractivity contribution in [3.63, 3.8) is 0 Å². The number of hydrogen-bond acceptors (Lipinski definition) is 7. The third-order valence-corrected chi connectivity index (χ3v) is 6.15. The summed E-state index contributed by atoms with van der Waals surface area (Å²) >= 11 is 8.77. The highest BCUT2D eigenvalue weighted by Crippen LogP contribution is 2.38. The maximum atomic E-state index is 12.2. The van der Waals surface area contributed by atoms with Crippen LogP contribution >= 0.6 is 34.7 Å². The lowest BCUT2D eigenvalue weighted by atomic mass is 10.2. The summed E-state index contributed by atoms with van der Waals surface area (Å²) in [6.07, 6.45) is 1.43. The van der Waals surface area contributed by atoms with Crippen LogP contribution in [0.2, 0.25) is 5.02 Å². The summed E-state index contributed by atoms with van der Waals surface area (Å²) < 4.78 is 10.6. The largest absolute Gasteiger partial charge is 0.459 e. The normalized spacial score (nSPS) is 15.9. The van der Waals surface area contributed by atoms with E-state index in [0.29, 0.717) is 22.3 Å². The number of nitrogens with one attached hydrogen (secondary N) is 1. The maximum absolute atomic E-state index is 12.2. The molecule has 0 radical (unpaired) electrons. The first-order chi connectivity index (χ1) is 13.1. The van der Waals surface area contributed by atoms with Crippen molar-refractivity contribution >= 4 is 52.3 Å². The van der Waals surface area contributed by atoms with Crippen LogP contribution in [0.3, 0.4) is 0 Å². The topological polar surface area (TPSA) is 81.4 Å². The average molecular weight is 421 g/mol. The molecule has 3 aromatic rings. The van der Waals surface area contributed by atoms with Crippen LogP contribution in [0.5, 0.6) is 0 Å². The number of thiophene rings is 1. The van der Waals surface area contributed by atoms with Gasteiger partial charge in [0.25, 0.3) is 0 Å². The van der Waals surface area contributed by atoms with Crippen LogP contribution in [-0.2, 0) is 20.9 Å². The summed E-state index contributed by atoms with van der Waals surface area (Å²) in [6, 6.07) is 9.06. The molecule has 1 aromatic carbocycles. The summed E-state index contributed by atoms with van der Waals surface area (Å²) in [7, 11) is 0. The quantitative estimate of drug-likeness (QED) is 0.607. The zero-order valence-corrected chi connectivity index (χ0v) is 16.2. The second kappa shape index (κ2) is 7.75. The third-order valence-electron chi connectivity index (χ3n) is 3.78. The number of hydrogen-bond donors (Lipinski definition) is 1. The Morgan fingerprint density at radius 1 is 1.37 bits per heavy atom. The van der Waals surface area contributed by atoms with Crippen molar-refractivity contribution in [2.75, 3.05) is 5.32 Å². The van der Waals surface area contributed by atoms with Crippen LogP contribution < -0.4 is 5.32 Å². The Balaban J connectivity index is 1.33. The first-order valence-corrected chi connectivity index (χ1v) is 10.1. The van der Waals surface area contributed by atoms with E-state index in [0.717, 1.165) is 9.77 Å². The number of carbonyl (C=O) groups excluding carboxylic acids is 2. The van der Waals surface area contributed by atoms with Crippen LogP contribution in [0.15, 0.2) is 51.3 Å². The number of carbonyl (C=O) groups is 2. The van der Waals surface area contributed by atoms with Crippen LogP contribution in [0, 0.1) is 0 Å². The number of oxazole rings is 1. The van der Waals surface area contributed by atoms with Crippen molar-refractivity contribution < 1.29 is 18.7 Å². The molecule has 0 saturated heterocycles. The number of ether oxygens (including phenoxy) is 1. The van der Waals surface area contributed by atoms with Gasteiger partial charge < -0.3 is 14.5 Å². The molecule has 2 aromatic heterocycles. The van der Waals surface area contributed by atoms with Gasteiger partial charge >= 0.3 is 5.97 Å². The Morgan fingerprint density at radius 2 is 2.26 bits per heavy atom. The van der Waals surface area contributed by atoms with Gasteiger partial charge in [-0.3, -0.25) is 9.59 Å². The Hall–Kier alpha value is -2.29. The summed E-state index contributed by atoms with van der Waals surface area (Å²) in [5.74, 6) is -0.220. The van der Waals surface area contributed by atoms with E-state index in [2.05, 4.69) is 10.3 Å². The fourth-order valence-electron chi connectivity index (χ4n) is 2.51. The molecule has 27 heavy (non-hydrogen) atoms. The van der Waals surface area contributed by atoms with Gasteiger partial charge in [0.1, 0.15) is 18.6 Å². The minimum Gasteiger partial charge on any atom is -0.459 e. The van der Waals surface area contributed by atoms with Gasteiger partial charge in [-0.1, -0.05) is 17.7 Å². The lowest BCUT2D eigenvalue weighted by molar-refractivity contribution is -0.145. The van der Waals surface area contributed by atoms with E-state index >= 15 is 0 Å². The molecule has 9 heteroatoms. The predicted molar refractivity (Wildman–Crippen MR) is 104 cm³/mol. The number of thioether (sulfide) groups is 1. The highest BCUT2D eigenvalue weighted by molar-refractivity contribution is 8.01. The number of rotatable bonds is 5. The number of esters is 1. The van der Waals surface area contributed by atoms with Gasteiger partial charge in [0.2, 0.25) is 11.8 Å². The lowest BCUT2D eigenvalue weighted by Crippen LogP contribution is -2.31. The Morgan fingerprint density at radius 3 is 3.07 bits per heavy atom. The fourth-order valence-corrected chi connectivity index (χ4v) is 4.41. The number of aromatic nitrogens is 1. The van der Waals surface area contributed by atoms with Crippen molar-refractivity contribution in [1.82, 2.24) is 4.98 Å². The second-order valence-corrected chi connectivity index (χ2v) is 8.35. The zero-order valence-electron chi connectivity index (χ0n) is 13.8. The molecular weight excluding hydrogens is 408 g/mol. The molecular formula is C18H13ClN2O4S2.